The Hall–Kier alpha value is -3.23. The molecule has 0 unspecified atom stereocenters. The van der Waals surface area contributed by atoms with Crippen LogP contribution in [0.5, 0.6) is 5.75 Å². The molecule has 2 aliphatic rings. The van der Waals surface area contributed by atoms with Crippen LogP contribution in [0.4, 0.5) is 29.3 Å². The number of para-hydroxylation sites is 1. The van der Waals surface area contributed by atoms with E-state index in [2.05, 4.69) is 16.0 Å². The number of aryl methyl sites for hydroxylation is 1. The van der Waals surface area contributed by atoms with Gasteiger partial charge in [-0.15, -0.1) is 0 Å². The second-order valence-corrected chi connectivity index (χ2v) is 7.64. The topological polar surface area (TPSA) is 79.5 Å². The lowest BCUT2D eigenvalue weighted by atomic mass is 9.88. The molecule has 3 amide bonds. The molecule has 0 saturated carbocycles. The summed E-state index contributed by atoms with van der Waals surface area (Å²) in [5, 5.41) is 7.99. The van der Waals surface area contributed by atoms with Crippen molar-refractivity contribution >= 4 is 23.3 Å². The highest BCUT2D eigenvalue weighted by Gasteiger charge is 2.57. The molecule has 0 aromatic heterocycles. The number of benzene rings is 2. The van der Waals surface area contributed by atoms with Crippen LogP contribution in [-0.4, -0.2) is 23.7 Å². The van der Waals surface area contributed by atoms with Gasteiger partial charge in [0, 0.05) is 29.8 Å². The minimum absolute atomic E-state index is 0.0883. The molecule has 2 aromatic carbocycles. The van der Waals surface area contributed by atoms with E-state index in [0.29, 0.717) is 29.8 Å². The molecule has 6 nitrogen and oxygen atoms in total. The van der Waals surface area contributed by atoms with Crippen LogP contribution in [0.2, 0.25) is 0 Å². The highest BCUT2D eigenvalue weighted by molar-refractivity contribution is 5.96. The standard InChI is InChI=1S/C21H20F3N3O3/c1-20(21(22,23)24)11-16(14-4-2-3-5-17(14)30-20)27-19(29)25-13-8-6-12-7-9-18(28)26-15(12)10-13/h2-6,8,10,16H,7,9,11H2,1H3,(H,26,28)(H2,25,27,29)/t16-,20+/m1/s1. The van der Waals surface area contributed by atoms with Crippen molar-refractivity contribution in [2.75, 3.05) is 10.6 Å². The molecule has 2 heterocycles. The fourth-order valence-electron chi connectivity index (χ4n) is 3.72. The lowest BCUT2D eigenvalue weighted by Gasteiger charge is -2.40. The Morgan fingerprint density at radius 3 is 2.73 bits per heavy atom. The number of amides is 3. The third kappa shape index (κ3) is 3.79. The SMILES string of the molecule is C[C@@]1(C(F)(F)F)C[C@@H](NC(=O)Nc2ccc3c(c2)NC(=O)CC3)c2ccccc2O1. The van der Waals surface area contributed by atoms with Crippen molar-refractivity contribution in [2.24, 2.45) is 0 Å². The number of fused-ring (bicyclic) bond motifs is 2. The predicted octanol–water partition coefficient (Wildman–Crippen LogP) is 4.54. The number of rotatable bonds is 2. The van der Waals surface area contributed by atoms with Crippen molar-refractivity contribution in [1.82, 2.24) is 5.32 Å². The molecule has 0 aliphatic carbocycles. The van der Waals surface area contributed by atoms with Crippen LogP contribution < -0.4 is 20.7 Å². The largest absolute Gasteiger partial charge is 0.478 e. The van der Waals surface area contributed by atoms with Crippen molar-refractivity contribution in [1.29, 1.82) is 0 Å². The Morgan fingerprint density at radius 2 is 1.97 bits per heavy atom. The van der Waals surface area contributed by atoms with Crippen LogP contribution in [0.25, 0.3) is 0 Å². The Morgan fingerprint density at radius 1 is 1.20 bits per heavy atom. The molecule has 0 fully saturated rings. The van der Waals surface area contributed by atoms with Crippen molar-refractivity contribution in [3.05, 3.63) is 53.6 Å². The zero-order valence-electron chi connectivity index (χ0n) is 16.1. The highest BCUT2D eigenvalue weighted by Crippen LogP contribution is 2.46. The number of ether oxygens (including phenoxy) is 1. The van der Waals surface area contributed by atoms with Crippen molar-refractivity contribution in [3.63, 3.8) is 0 Å². The molecule has 0 bridgehead atoms. The minimum atomic E-state index is -4.60. The first-order valence-electron chi connectivity index (χ1n) is 9.50. The molecule has 158 valence electrons. The van der Waals surface area contributed by atoms with E-state index in [4.69, 9.17) is 4.74 Å². The predicted molar refractivity (Wildman–Crippen MR) is 104 cm³/mol. The van der Waals surface area contributed by atoms with E-state index in [9.17, 15) is 22.8 Å². The third-order valence-electron chi connectivity index (χ3n) is 5.39. The molecule has 30 heavy (non-hydrogen) atoms. The van der Waals surface area contributed by atoms with Crippen LogP contribution >= 0.6 is 0 Å². The molecular formula is C21H20F3N3O3. The summed E-state index contributed by atoms with van der Waals surface area (Å²) in [5.41, 5.74) is 0.0551. The zero-order chi connectivity index (χ0) is 21.5. The van der Waals surface area contributed by atoms with Crippen molar-refractivity contribution in [2.45, 2.75) is 44.0 Å². The smallest absolute Gasteiger partial charge is 0.428 e. The highest BCUT2D eigenvalue weighted by atomic mass is 19.4. The van der Waals surface area contributed by atoms with E-state index in [1.807, 2.05) is 0 Å². The molecule has 2 atom stereocenters. The van der Waals surface area contributed by atoms with Gasteiger partial charge in [-0.25, -0.2) is 4.79 Å². The quantitative estimate of drug-likeness (QED) is 0.669. The molecule has 0 radical (unpaired) electrons. The molecule has 0 spiro atoms. The first-order valence-corrected chi connectivity index (χ1v) is 9.50. The van der Waals surface area contributed by atoms with Gasteiger partial charge in [-0.05, 0) is 37.1 Å². The maximum atomic E-state index is 13.6. The Kier molecular flexibility index (Phi) is 4.83. The number of urea groups is 1. The molecule has 2 aromatic rings. The monoisotopic (exact) mass is 419 g/mol. The average molecular weight is 419 g/mol. The van der Waals surface area contributed by atoms with Crippen LogP contribution in [0, 0.1) is 0 Å². The van der Waals surface area contributed by atoms with Gasteiger partial charge in [-0.1, -0.05) is 24.3 Å². The summed E-state index contributed by atoms with van der Waals surface area (Å²) in [7, 11) is 0. The second kappa shape index (κ2) is 7.23. The number of hydrogen-bond acceptors (Lipinski definition) is 3. The fourth-order valence-corrected chi connectivity index (χ4v) is 3.72. The van der Waals surface area contributed by atoms with Gasteiger partial charge in [0.05, 0.1) is 6.04 Å². The van der Waals surface area contributed by atoms with E-state index < -0.39 is 30.3 Å². The summed E-state index contributed by atoms with van der Waals surface area (Å²) in [6.45, 7) is 0.974. The van der Waals surface area contributed by atoms with Crippen molar-refractivity contribution in [3.8, 4) is 5.75 Å². The van der Waals surface area contributed by atoms with E-state index in [1.165, 1.54) is 6.07 Å². The number of alkyl halides is 3. The normalized spacial score (nSPS) is 22.8. The van der Waals surface area contributed by atoms with E-state index >= 15 is 0 Å². The lowest BCUT2D eigenvalue weighted by molar-refractivity contribution is -0.249. The Balaban J connectivity index is 1.52. The van der Waals surface area contributed by atoms with Gasteiger partial charge >= 0.3 is 12.2 Å². The van der Waals surface area contributed by atoms with Gasteiger partial charge in [0.1, 0.15) is 5.75 Å². The van der Waals surface area contributed by atoms with Crippen molar-refractivity contribution < 1.29 is 27.5 Å². The lowest BCUT2D eigenvalue weighted by Crippen LogP contribution is -2.53. The van der Waals surface area contributed by atoms with Gasteiger partial charge in [0.2, 0.25) is 11.5 Å². The average Bonchev–Trinajstić information content (AvgIpc) is 2.66. The summed E-state index contributed by atoms with van der Waals surface area (Å²) < 4.78 is 46.0. The fraction of sp³-hybridized carbons (Fsp3) is 0.333. The number of carbonyl (C=O) groups is 2. The molecule has 0 saturated heterocycles. The van der Waals surface area contributed by atoms with Gasteiger partial charge in [0.25, 0.3) is 0 Å². The molecule has 9 heteroatoms. The van der Waals surface area contributed by atoms with Crippen LogP contribution in [0.1, 0.15) is 36.9 Å². The van der Waals surface area contributed by atoms with Gasteiger partial charge < -0.3 is 20.7 Å². The van der Waals surface area contributed by atoms with E-state index in [0.717, 1.165) is 12.5 Å². The Labute approximate surface area is 170 Å². The summed E-state index contributed by atoms with van der Waals surface area (Å²) in [5.74, 6) is -0.0141. The summed E-state index contributed by atoms with van der Waals surface area (Å²) in [6.07, 6.45) is -4.04. The molecule has 2 aliphatic heterocycles. The number of hydrogen-bond donors (Lipinski definition) is 3. The summed E-state index contributed by atoms with van der Waals surface area (Å²) in [4.78, 5) is 24.1. The molecule has 3 N–H and O–H groups in total. The van der Waals surface area contributed by atoms with Crippen LogP contribution in [-0.2, 0) is 11.2 Å². The van der Waals surface area contributed by atoms with Gasteiger partial charge in [0.15, 0.2) is 0 Å². The van der Waals surface area contributed by atoms with Crippen LogP contribution in [0.15, 0.2) is 42.5 Å². The third-order valence-corrected chi connectivity index (χ3v) is 5.39. The Bertz CT molecular complexity index is 1010. The van der Waals surface area contributed by atoms with E-state index in [-0.39, 0.29) is 11.7 Å². The number of anilines is 2. The van der Waals surface area contributed by atoms with Crippen LogP contribution in [0.3, 0.4) is 0 Å². The zero-order valence-corrected chi connectivity index (χ0v) is 16.1. The maximum Gasteiger partial charge on any atom is 0.428 e. The number of carbonyl (C=O) groups excluding carboxylic acids is 2. The summed E-state index contributed by atoms with van der Waals surface area (Å²) in [6, 6.07) is 9.92. The van der Waals surface area contributed by atoms with E-state index in [1.54, 1.807) is 36.4 Å². The molecular weight excluding hydrogens is 399 g/mol. The first-order chi connectivity index (χ1) is 14.1. The minimum Gasteiger partial charge on any atom is -0.478 e. The summed E-state index contributed by atoms with van der Waals surface area (Å²) >= 11 is 0. The number of nitrogens with one attached hydrogen (secondary N) is 3. The first kappa shape index (κ1) is 20.1. The van der Waals surface area contributed by atoms with Gasteiger partial charge in [-0.3, -0.25) is 4.79 Å². The molecule has 4 rings (SSSR count). The van der Waals surface area contributed by atoms with Gasteiger partial charge in [-0.2, -0.15) is 13.2 Å². The maximum absolute atomic E-state index is 13.6. The number of halogens is 3. The second-order valence-electron chi connectivity index (χ2n) is 7.64.